The summed E-state index contributed by atoms with van der Waals surface area (Å²) in [6.07, 6.45) is 0. The Labute approximate surface area is 170 Å². The summed E-state index contributed by atoms with van der Waals surface area (Å²) >= 11 is 8.81. The molecule has 0 rings (SSSR count). The number of hydrogen-bond acceptors (Lipinski definition) is 6. The number of nitrogens with one attached hydrogen (secondary N) is 3. The van der Waals surface area contributed by atoms with Crippen molar-refractivity contribution in [3.8, 4) is 0 Å². The molecule has 0 atom stereocenters. The lowest BCUT2D eigenvalue weighted by molar-refractivity contribution is -0.144. The van der Waals surface area contributed by atoms with Crippen LogP contribution in [0, 0.1) is 0 Å². The third kappa shape index (κ3) is 9.05. The molecule has 0 saturated heterocycles. The number of carbonyl (C=O) groups is 4. The Kier molecular flexibility index (Phi) is 9.73. The van der Waals surface area contributed by atoms with Gasteiger partial charge >= 0.3 is 5.97 Å². The Morgan fingerprint density at radius 1 is 1.04 bits per heavy atom. The highest BCUT2D eigenvalue weighted by Crippen LogP contribution is 2.09. The number of likely N-dealkylation sites (N-methyl/N-ethyl adjacent to an activating group) is 1. The second kappa shape index (κ2) is 10.5. The molecule has 3 N–H and O–H groups in total. The number of nitrogens with zero attached hydrogens (tertiary/aromatic N) is 1. The lowest BCUT2D eigenvalue weighted by Gasteiger charge is -2.32. The summed E-state index contributed by atoms with van der Waals surface area (Å²) in [6, 6.07) is 0. The molecule has 0 saturated carbocycles. The van der Waals surface area contributed by atoms with Crippen LogP contribution in [0.25, 0.3) is 0 Å². The van der Waals surface area contributed by atoms with E-state index in [2.05, 4.69) is 28.6 Å². The van der Waals surface area contributed by atoms with E-state index in [1.807, 2.05) is 0 Å². The minimum Gasteiger partial charge on any atom is -0.465 e. The SMILES string of the molecule is CCOC(=O)CNC(=O)C(C)(C)NC(=O)C(C)(C)NC(=O)CN(C)C(=S)S. The van der Waals surface area contributed by atoms with Crippen LogP contribution in [0.1, 0.15) is 34.6 Å². The minimum atomic E-state index is -1.31. The molecule has 0 aliphatic rings. The lowest BCUT2D eigenvalue weighted by Crippen LogP contribution is -2.63. The average Bonchev–Trinajstić information content (AvgIpc) is 2.51. The van der Waals surface area contributed by atoms with Crippen molar-refractivity contribution in [3.05, 3.63) is 0 Å². The molecule has 0 aliphatic carbocycles. The average molecular weight is 421 g/mol. The van der Waals surface area contributed by atoms with Gasteiger partial charge in [0.2, 0.25) is 17.7 Å². The first kappa shape index (κ1) is 25.1. The second-order valence-electron chi connectivity index (χ2n) is 6.88. The van der Waals surface area contributed by atoms with E-state index in [1.165, 1.54) is 32.6 Å². The van der Waals surface area contributed by atoms with Crippen molar-refractivity contribution in [2.45, 2.75) is 45.7 Å². The molecule has 0 heterocycles. The Morgan fingerprint density at radius 3 is 2.04 bits per heavy atom. The molecule has 154 valence electrons. The van der Waals surface area contributed by atoms with Crippen LogP contribution < -0.4 is 16.0 Å². The van der Waals surface area contributed by atoms with Gasteiger partial charge in [0.05, 0.1) is 13.2 Å². The highest BCUT2D eigenvalue weighted by atomic mass is 32.1. The summed E-state index contributed by atoms with van der Waals surface area (Å²) in [5.41, 5.74) is -2.59. The first-order valence-electron chi connectivity index (χ1n) is 8.24. The zero-order valence-electron chi connectivity index (χ0n) is 16.5. The molecule has 11 heteroatoms. The summed E-state index contributed by atoms with van der Waals surface area (Å²) in [6.45, 7) is 7.46. The molecule has 0 fully saturated rings. The summed E-state index contributed by atoms with van der Waals surface area (Å²) < 4.78 is 4.97. The number of amides is 3. The van der Waals surface area contributed by atoms with Crippen LogP contribution in [-0.2, 0) is 23.9 Å². The molecule has 3 amide bonds. The van der Waals surface area contributed by atoms with Gasteiger partial charge in [0.1, 0.15) is 21.9 Å². The maximum atomic E-state index is 12.5. The van der Waals surface area contributed by atoms with Gasteiger partial charge in [-0.2, -0.15) is 0 Å². The van der Waals surface area contributed by atoms with E-state index in [0.717, 1.165) is 0 Å². The number of ether oxygens (including phenoxy) is 1. The van der Waals surface area contributed by atoms with Gasteiger partial charge in [-0.15, -0.1) is 12.6 Å². The van der Waals surface area contributed by atoms with E-state index in [1.54, 1.807) is 14.0 Å². The Hall–Kier alpha value is -1.88. The maximum Gasteiger partial charge on any atom is 0.325 e. The summed E-state index contributed by atoms with van der Waals surface area (Å²) in [4.78, 5) is 49.6. The van der Waals surface area contributed by atoms with Crippen molar-refractivity contribution < 1.29 is 23.9 Å². The third-order valence-electron chi connectivity index (χ3n) is 3.42. The Morgan fingerprint density at radius 2 is 1.56 bits per heavy atom. The van der Waals surface area contributed by atoms with Crippen molar-refractivity contribution >= 4 is 52.9 Å². The quantitative estimate of drug-likeness (QED) is 0.228. The van der Waals surface area contributed by atoms with E-state index in [0.29, 0.717) is 0 Å². The van der Waals surface area contributed by atoms with Gasteiger partial charge in [-0.1, -0.05) is 12.2 Å². The van der Waals surface area contributed by atoms with E-state index in [4.69, 9.17) is 17.0 Å². The fraction of sp³-hybridized carbons (Fsp3) is 0.688. The van der Waals surface area contributed by atoms with Crippen LogP contribution in [0.3, 0.4) is 0 Å². The Balaban J connectivity index is 4.80. The maximum absolute atomic E-state index is 12.5. The minimum absolute atomic E-state index is 0.0670. The number of thiol groups is 1. The predicted molar refractivity (Wildman–Crippen MR) is 108 cm³/mol. The molecule has 0 unspecified atom stereocenters. The van der Waals surface area contributed by atoms with Gasteiger partial charge in [0.15, 0.2) is 0 Å². The molecule has 27 heavy (non-hydrogen) atoms. The highest BCUT2D eigenvalue weighted by molar-refractivity contribution is 8.10. The van der Waals surface area contributed by atoms with E-state index in [9.17, 15) is 19.2 Å². The summed E-state index contributed by atoms with van der Waals surface area (Å²) in [7, 11) is 1.60. The molecule has 0 aromatic carbocycles. The van der Waals surface area contributed by atoms with Crippen molar-refractivity contribution in [1.82, 2.24) is 20.9 Å². The normalized spacial score (nSPS) is 11.2. The van der Waals surface area contributed by atoms with Gasteiger partial charge in [-0.05, 0) is 34.6 Å². The van der Waals surface area contributed by atoms with Crippen molar-refractivity contribution in [1.29, 1.82) is 0 Å². The third-order valence-corrected chi connectivity index (χ3v) is 4.07. The Bertz CT molecular complexity index is 608. The van der Waals surface area contributed by atoms with E-state index < -0.39 is 34.8 Å². The fourth-order valence-corrected chi connectivity index (χ4v) is 1.95. The van der Waals surface area contributed by atoms with Crippen LogP contribution in [0.2, 0.25) is 0 Å². The molecule has 0 bridgehead atoms. The number of hydrogen-bond donors (Lipinski definition) is 4. The van der Waals surface area contributed by atoms with Gasteiger partial charge in [-0.25, -0.2) is 0 Å². The smallest absolute Gasteiger partial charge is 0.325 e. The van der Waals surface area contributed by atoms with Crippen LogP contribution in [0.5, 0.6) is 0 Å². The lowest BCUT2D eigenvalue weighted by atomic mass is 9.99. The van der Waals surface area contributed by atoms with Crippen molar-refractivity contribution in [2.24, 2.45) is 0 Å². The number of thiocarbonyl (C=S) groups is 1. The molecule has 0 aromatic rings. The highest BCUT2D eigenvalue weighted by Gasteiger charge is 2.37. The van der Waals surface area contributed by atoms with Gasteiger partial charge < -0.3 is 25.6 Å². The first-order chi connectivity index (χ1) is 12.2. The number of rotatable bonds is 9. The van der Waals surface area contributed by atoms with Gasteiger partial charge in [0, 0.05) is 7.05 Å². The second-order valence-corrected chi connectivity index (χ2v) is 7.99. The topological polar surface area (TPSA) is 117 Å². The van der Waals surface area contributed by atoms with Gasteiger partial charge in [-0.3, -0.25) is 19.2 Å². The number of carbonyl (C=O) groups excluding carboxylic acids is 4. The molecule has 0 radical (unpaired) electrons. The molecule has 0 aliphatic heterocycles. The first-order valence-corrected chi connectivity index (χ1v) is 9.10. The van der Waals surface area contributed by atoms with E-state index >= 15 is 0 Å². The summed E-state index contributed by atoms with van der Waals surface area (Å²) in [5.74, 6) is -2.14. The monoisotopic (exact) mass is 420 g/mol. The van der Waals surface area contributed by atoms with Crippen molar-refractivity contribution in [2.75, 3.05) is 26.7 Å². The van der Waals surface area contributed by atoms with Crippen molar-refractivity contribution in [3.63, 3.8) is 0 Å². The zero-order chi connectivity index (χ0) is 21.4. The van der Waals surface area contributed by atoms with Crippen LogP contribution in [0.15, 0.2) is 0 Å². The van der Waals surface area contributed by atoms with E-state index in [-0.39, 0.29) is 24.0 Å². The zero-order valence-corrected chi connectivity index (χ0v) is 18.2. The largest absolute Gasteiger partial charge is 0.465 e. The molecule has 0 spiro atoms. The summed E-state index contributed by atoms with van der Waals surface area (Å²) in [5, 5.41) is 7.54. The molecule has 0 aromatic heterocycles. The molecule has 9 nitrogen and oxygen atoms in total. The number of esters is 1. The van der Waals surface area contributed by atoms with Crippen LogP contribution >= 0.6 is 24.8 Å². The fourth-order valence-electron chi connectivity index (χ4n) is 1.81. The predicted octanol–water partition coefficient (Wildman–Crippen LogP) is -0.398. The van der Waals surface area contributed by atoms with Crippen LogP contribution in [0.4, 0.5) is 0 Å². The van der Waals surface area contributed by atoms with Crippen LogP contribution in [-0.4, -0.2) is 70.7 Å². The standard InChI is InChI=1S/C16H28N4O5S2/c1-7-25-11(22)8-17-12(23)15(2,3)19-13(24)16(4,5)18-10(21)9-20(6)14(26)27/h7-9H2,1-6H3,(H,17,23)(H,18,21)(H,19,24)(H,26,27). The van der Waals surface area contributed by atoms with Gasteiger partial charge in [0.25, 0.3) is 0 Å². The molecular weight excluding hydrogens is 392 g/mol. The molecular formula is C16H28N4O5S2.